The lowest BCUT2D eigenvalue weighted by Crippen LogP contribution is -2.39. The predicted octanol–water partition coefficient (Wildman–Crippen LogP) is 4.19. The first kappa shape index (κ1) is 23.5. The van der Waals surface area contributed by atoms with Gasteiger partial charge in [0.1, 0.15) is 12.3 Å². The molecule has 0 aromatic heterocycles. The van der Waals surface area contributed by atoms with E-state index in [0.717, 1.165) is 14.3 Å². The van der Waals surface area contributed by atoms with Crippen LogP contribution in [0.2, 0.25) is 0 Å². The van der Waals surface area contributed by atoms with Crippen LogP contribution in [-0.2, 0) is 14.8 Å². The van der Waals surface area contributed by atoms with Gasteiger partial charge in [0.15, 0.2) is 0 Å². The van der Waals surface area contributed by atoms with Crippen LogP contribution in [0.5, 0.6) is 5.75 Å². The number of rotatable bonds is 9. The second-order valence-corrected chi connectivity index (χ2v) is 9.38. The fourth-order valence-corrected chi connectivity index (χ4v) is 4.68. The molecule has 32 heavy (non-hydrogen) atoms. The molecule has 3 rings (SSSR count). The molecule has 0 saturated carbocycles. The van der Waals surface area contributed by atoms with Gasteiger partial charge in [-0.25, -0.2) is 13.8 Å². The summed E-state index contributed by atoms with van der Waals surface area (Å²) in [6, 6.07) is 21.9. The summed E-state index contributed by atoms with van der Waals surface area (Å²) in [7, 11) is -4.00. The van der Waals surface area contributed by atoms with Gasteiger partial charge in [0, 0.05) is 4.47 Å². The maximum Gasteiger partial charge on any atom is 0.264 e. The van der Waals surface area contributed by atoms with Gasteiger partial charge in [-0.2, -0.15) is 5.10 Å². The molecule has 1 amide bonds. The van der Waals surface area contributed by atoms with Crippen molar-refractivity contribution in [3.8, 4) is 5.75 Å². The van der Waals surface area contributed by atoms with Crippen molar-refractivity contribution in [2.24, 2.45) is 5.10 Å². The van der Waals surface area contributed by atoms with Gasteiger partial charge in [-0.3, -0.25) is 9.10 Å². The number of nitrogens with one attached hydrogen (secondary N) is 1. The largest absolute Gasteiger partial charge is 0.494 e. The average Bonchev–Trinajstić information content (AvgIpc) is 2.79. The first-order chi connectivity index (χ1) is 15.4. The second kappa shape index (κ2) is 10.9. The molecule has 0 radical (unpaired) electrons. The van der Waals surface area contributed by atoms with Crippen molar-refractivity contribution in [3.05, 3.63) is 88.9 Å². The zero-order valence-corrected chi connectivity index (χ0v) is 19.7. The zero-order valence-electron chi connectivity index (χ0n) is 17.3. The highest BCUT2D eigenvalue weighted by molar-refractivity contribution is 9.10. The van der Waals surface area contributed by atoms with Crippen molar-refractivity contribution >= 4 is 43.8 Å². The first-order valence-corrected chi connectivity index (χ1v) is 12.0. The number of carbonyl (C=O) groups is 1. The minimum Gasteiger partial charge on any atom is -0.494 e. The molecule has 9 heteroatoms. The Bertz CT molecular complexity index is 1180. The van der Waals surface area contributed by atoms with Crippen molar-refractivity contribution < 1.29 is 17.9 Å². The van der Waals surface area contributed by atoms with E-state index in [1.807, 2.05) is 31.2 Å². The summed E-state index contributed by atoms with van der Waals surface area (Å²) in [5, 5.41) is 3.93. The monoisotopic (exact) mass is 515 g/mol. The van der Waals surface area contributed by atoms with Gasteiger partial charge >= 0.3 is 0 Å². The van der Waals surface area contributed by atoms with Gasteiger partial charge in [-0.05, 0) is 61.0 Å². The molecule has 0 saturated heterocycles. The Balaban J connectivity index is 1.80. The fourth-order valence-electron chi connectivity index (χ4n) is 2.84. The van der Waals surface area contributed by atoms with E-state index in [-0.39, 0.29) is 4.90 Å². The molecule has 0 spiro atoms. The number of hydrogen-bond acceptors (Lipinski definition) is 5. The maximum atomic E-state index is 13.3. The third-order valence-corrected chi connectivity index (χ3v) is 6.59. The summed E-state index contributed by atoms with van der Waals surface area (Å²) < 4.78 is 34.0. The quantitative estimate of drug-likeness (QED) is 0.341. The van der Waals surface area contributed by atoms with Crippen LogP contribution in [0.1, 0.15) is 12.5 Å². The van der Waals surface area contributed by atoms with Crippen LogP contribution in [0, 0.1) is 0 Å². The molecule has 3 aromatic rings. The highest BCUT2D eigenvalue weighted by Gasteiger charge is 2.27. The number of anilines is 1. The Labute approximate surface area is 195 Å². The number of hydrogen-bond donors (Lipinski definition) is 1. The SMILES string of the molecule is CCOc1ccc(S(=O)(=O)N(CC(=O)N/N=C/c2cccc(Br)c2)c2ccccc2)cc1. The minimum absolute atomic E-state index is 0.0512. The molecule has 0 unspecified atom stereocenters. The van der Waals surface area contributed by atoms with Gasteiger partial charge in [-0.15, -0.1) is 0 Å². The first-order valence-electron chi connectivity index (χ1n) is 9.78. The number of nitrogens with zero attached hydrogens (tertiary/aromatic N) is 2. The van der Waals surface area contributed by atoms with Crippen molar-refractivity contribution in [2.45, 2.75) is 11.8 Å². The standard InChI is InChI=1S/C23H22BrN3O4S/c1-2-31-21-11-13-22(14-12-21)32(29,30)27(20-9-4-3-5-10-20)17-23(28)26-25-16-18-7-6-8-19(24)15-18/h3-16H,2,17H2,1H3,(H,26,28)/b25-16+. The van der Waals surface area contributed by atoms with Gasteiger partial charge in [-0.1, -0.05) is 46.3 Å². The minimum atomic E-state index is -4.00. The molecule has 0 bridgehead atoms. The Morgan fingerprint density at radius 2 is 1.78 bits per heavy atom. The van der Waals surface area contributed by atoms with E-state index in [0.29, 0.717) is 18.0 Å². The zero-order chi connectivity index (χ0) is 23.0. The average molecular weight is 516 g/mol. The second-order valence-electron chi connectivity index (χ2n) is 6.60. The molecule has 0 atom stereocenters. The van der Waals surface area contributed by atoms with Crippen molar-refractivity contribution in [2.75, 3.05) is 17.5 Å². The lowest BCUT2D eigenvalue weighted by molar-refractivity contribution is -0.119. The molecular weight excluding hydrogens is 494 g/mol. The third-order valence-electron chi connectivity index (χ3n) is 4.31. The van der Waals surface area contributed by atoms with E-state index in [2.05, 4.69) is 26.5 Å². The number of ether oxygens (including phenoxy) is 1. The summed E-state index contributed by atoms with van der Waals surface area (Å²) in [6.45, 7) is 1.89. The summed E-state index contributed by atoms with van der Waals surface area (Å²) in [6.07, 6.45) is 1.48. The highest BCUT2D eigenvalue weighted by atomic mass is 79.9. The molecule has 0 aliphatic carbocycles. The summed E-state index contributed by atoms with van der Waals surface area (Å²) in [5.74, 6) is -0.00745. The van der Waals surface area contributed by atoms with Crippen LogP contribution in [0.15, 0.2) is 93.3 Å². The van der Waals surface area contributed by atoms with E-state index in [1.54, 1.807) is 42.5 Å². The number of carbonyl (C=O) groups excluding carboxylic acids is 1. The molecule has 0 fully saturated rings. The number of amides is 1. The van der Waals surface area contributed by atoms with Crippen molar-refractivity contribution in [1.82, 2.24) is 5.43 Å². The van der Waals surface area contributed by atoms with Crippen LogP contribution in [0.3, 0.4) is 0 Å². The lowest BCUT2D eigenvalue weighted by Gasteiger charge is -2.23. The number of sulfonamides is 1. The Kier molecular flexibility index (Phi) is 8.02. The van der Waals surface area contributed by atoms with E-state index >= 15 is 0 Å². The summed E-state index contributed by atoms with van der Waals surface area (Å²) >= 11 is 3.37. The topological polar surface area (TPSA) is 88.1 Å². The third kappa shape index (κ3) is 6.18. The van der Waals surface area contributed by atoms with Crippen LogP contribution >= 0.6 is 15.9 Å². The van der Waals surface area contributed by atoms with E-state index in [9.17, 15) is 13.2 Å². The molecule has 166 valence electrons. The molecule has 7 nitrogen and oxygen atoms in total. The van der Waals surface area contributed by atoms with E-state index < -0.39 is 22.5 Å². The summed E-state index contributed by atoms with van der Waals surface area (Å²) in [4.78, 5) is 12.6. The number of benzene rings is 3. The molecule has 0 aliphatic heterocycles. The maximum absolute atomic E-state index is 13.3. The van der Waals surface area contributed by atoms with Crippen molar-refractivity contribution in [1.29, 1.82) is 0 Å². The van der Waals surface area contributed by atoms with Crippen molar-refractivity contribution in [3.63, 3.8) is 0 Å². The molecule has 0 aliphatic rings. The molecular formula is C23H22BrN3O4S. The van der Waals surface area contributed by atoms with Crippen LogP contribution in [0.25, 0.3) is 0 Å². The number of halogens is 1. The van der Waals surface area contributed by atoms with Gasteiger partial charge < -0.3 is 4.74 Å². The highest BCUT2D eigenvalue weighted by Crippen LogP contribution is 2.25. The smallest absolute Gasteiger partial charge is 0.264 e. The molecule has 3 aromatic carbocycles. The number of para-hydroxylation sites is 1. The molecule has 1 N–H and O–H groups in total. The van der Waals surface area contributed by atoms with E-state index in [1.165, 1.54) is 18.3 Å². The summed E-state index contributed by atoms with van der Waals surface area (Å²) in [5.41, 5.74) is 3.54. The normalized spacial score (nSPS) is 11.3. The Morgan fingerprint density at radius 3 is 2.44 bits per heavy atom. The fraction of sp³-hybridized carbons (Fsp3) is 0.130. The van der Waals surface area contributed by atoms with Gasteiger partial charge in [0.25, 0.3) is 15.9 Å². The van der Waals surface area contributed by atoms with Gasteiger partial charge in [0.05, 0.1) is 23.4 Å². The van der Waals surface area contributed by atoms with E-state index in [4.69, 9.17) is 4.74 Å². The Hall–Kier alpha value is -3.17. The number of hydrazone groups is 1. The van der Waals surface area contributed by atoms with Crippen LogP contribution in [-0.4, -0.2) is 33.7 Å². The predicted molar refractivity (Wildman–Crippen MR) is 128 cm³/mol. The molecule has 0 heterocycles. The Morgan fingerprint density at radius 1 is 1.06 bits per heavy atom. The lowest BCUT2D eigenvalue weighted by atomic mass is 10.2. The van der Waals surface area contributed by atoms with Gasteiger partial charge in [0.2, 0.25) is 0 Å². The van der Waals surface area contributed by atoms with Crippen LogP contribution in [0.4, 0.5) is 5.69 Å². The van der Waals surface area contributed by atoms with Crippen LogP contribution < -0.4 is 14.5 Å².